The Morgan fingerprint density at radius 2 is 1.95 bits per heavy atom. The molecule has 1 heterocycles. The second-order valence-electron chi connectivity index (χ2n) is 5.72. The molecule has 120 valence electrons. The van der Waals surface area contributed by atoms with E-state index in [1.165, 1.54) is 0 Å². The van der Waals surface area contributed by atoms with Gasteiger partial charge in [-0.1, -0.05) is 23.2 Å². The number of benzene rings is 1. The van der Waals surface area contributed by atoms with Crippen molar-refractivity contribution in [2.24, 2.45) is 11.7 Å². The van der Waals surface area contributed by atoms with Crippen molar-refractivity contribution < 1.29 is 14.5 Å². The lowest BCUT2D eigenvalue weighted by Gasteiger charge is -2.31. The van der Waals surface area contributed by atoms with Crippen LogP contribution >= 0.6 is 23.2 Å². The molecule has 1 aliphatic heterocycles. The molecule has 1 saturated heterocycles. The van der Waals surface area contributed by atoms with E-state index in [9.17, 15) is 9.59 Å². The lowest BCUT2D eigenvalue weighted by molar-refractivity contribution is -0.921. The average molecular weight is 345 g/mol. The van der Waals surface area contributed by atoms with Gasteiger partial charge in [-0.15, -0.1) is 0 Å². The molecule has 0 bridgehead atoms. The molecule has 0 aromatic heterocycles. The summed E-state index contributed by atoms with van der Waals surface area (Å²) in [6, 6.07) is 4.63. The van der Waals surface area contributed by atoms with Crippen molar-refractivity contribution in [2.45, 2.75) is 25.8 Å². The van der Waals surface area contributed by atoms with E-state index in [-0.39, 0.29) is 23.8 Å². The highest BCUT2D eigenvalue weighted by atomic mass is 35.5. The van der Waals surface area contributed by atoms with E-state index in [1.807, 2.05) is 6.92 Å². The summed E-state index contributed by atoms with van der Waals surface area (Å²) >= 11 is 11.8. The van der Waals surface area contributed by atoms with Gasteiger partial charge in [0.1, 0.15) is 0 Å². The van der Waals surface area contributed by atoms with Gasteiger partial charge in [0.25, 0.3) is 5.91 Å². The minimum atomic E-state index is -0.286. The van der Waals surface area contributed by atoms with Crippen molar-refractivity contribution in [3.8, 4) is 0 Å². The standard InChI is InChI=1S/C15H19Cl2N3O2/c1-9(20-4-2-3-10(8-20)14(18)21)15(22)19-13-6-11(16)5-12(17)7-13/h5-7,9-10H,2-4,8H2,1H3,(H2,18,21)(H,19,22)/p+1/t9-,10+/m1/s1. The molecule has 1 fully saturated rings. The van der Waals surface area contributed by atoms with Gasteiger partial charge >= 0.3 is 0 Å². The molecule has 5 nitrogen and oxygen atoms in total. The number of likely N-dealkylation sites (tertiary alicyclic amines) is 1. The number of hydrogen-bond acceptors (Lipinski definition) is 2. The molecule has 0 spiro atoms. The summed E-state index contributed by atoms with van der Waals surface area (Å²) in [7, 11) is 0. The molecule has 4 N–H and O–H groups in total. The van der Waals surface area contributed by atoms with E-state index >= 15 is 0 Å². The normalized spacial score (nSPS) is 22.9. The Hall–Kier alpha value is -1.30. The van der Waals surface area contributed by atoms with Crippen LogP contribution in [0.2, 0.25) is 10.0 Å². The predicted octanol–water partition coefficient (Wildman–Crippen LogP) is 1.10. The van der Waals surface area contributed by atoms with Crippen molar-refractivity contribution in [3.05, 3.63) is 28.2 Å². The highest BCUT2D eigenvalue weighted by Gasteiger charge is 2.33. The topological polar surface area (TPSA) is 76.6 Å². The van der Waals surface area contributed by atoms with E-state index in [0.717, 1.165) is 24.3 Å². The lowest BCUT2D eigenvalue weighted by Crippen LogP contribution is -3.18. The second kappa shape index (κ2) is 7.31. The molecular formula is C15H20Cl2N3O2+. The molecule has 22 heavy (non-hydrogen) atoms. The lowest BCUT2D eigenvalue weighted by atomic mass is 9.96. The molecular weight excluding hydrogens is 325 g/mol. The molecule has 1 aromatic carbocycles. The van der Waals surface area contributed by atoms with Gasteiger partial charge < -0.3 is 16.0 Å². The minimum absolute atomic E-state index is 0.126. The number of primary amides is 1. The van der Waals surface area contributed by atoms with E-state index in [1.54, 1.807) is 18.2 Å². The van der Waals surface area contributed by atoms with E-state index in [2.05, 4.69) is 5.32 Å². The number of hydrogen-bond donors (Lipinski definition) is 3. The molecule has 2 amide bonds. The Labute approximate surface area is 139 Å². The van der Waals surface area contributed by atoms with Crippen LogP contribution in [0.4, 0.5) is 5.69 Å². The zero-order chi connectivity index (χ0) is 16.3. The Morgan fingerprint density at radius 3 is 2.55 bits per heavy atom. The number of nitrogens with one attached hydrogen (secondary N) is 2. The summed E-state index contributed by atoms with van der Waals surface area (Å²) in [5.74, 6) is -0.565. The van der Waals surface area contributed by atoms with Crippen molar-refractivity contribution in [3.63, 3.8) is 0 Å². The van der Waals surface area contributed by atoms with Gasteiger partial charge in [-0.2, -0.15) is 0 Å². The largest absolute Gasteiger partial charge is 0.369 e. The van der Waals surface area contributed by atoms with Crippen LogP contribution in [0.25, 0.3) is 0 Å². The fourth-order valence-corrected chi connectivity index (χ4v) is 3.32. The van der Waals surface area contributed by atoms with Gasteiger partial charge in [0.05, 0.1) is 19.0 Å². The van der Waals surface area contributed by atoms with Crippen LogP contribution in [0.3, 0.4) is 0 Å². The number of amides is 2. The van der Waals surface area contributed by atoms with Gasteiger partial charge in [0.15, 0.2) is 6.04 Å². The third-order valence-corrected chi connectivity index (χ3v) is 4.53. The van der Waals surface area contributed by atoms with Gasteiger partial charge in [-0.3, -0.25) is 9.59 Å². The zero-order valence-corrected chi connectivity index (χ0v) is 13.9. The van der Waals surface area contributed by atoms with Crippen molar-refractivity contribution in [1.29, 1.82) is 0 Å². The SMILES string of the molecule is C[C@H](C(=O)Nc1cc(Cl)cc(Cl)c1)[NH+]1CCC[C@H](C(N)=O)C1. The zero-order valence-electron chi connectivity index (χ0n) is 12.4. The number of carbonyl (C=O) groups excluding carboxylic acids is 2. The first kappa shape index (κ1) is 17.1. The molecule has 7 heteroatoms. The van der Waals surface area contributed by atoms with Crippen LogP contribution in [0.1, 0.15) is 19.8 Å². The fraction of sp³-hybridized carbons (Fsp3) is 0.467. The first-order valence-electron chi connectivity index (χ1n) is 7.27. The van der Waals surface area contributed by atoms with Crippen molar-refractivity contribution in [2.75, 3.05) is 18.4 Å². The van der Waals surface area contributed by atoms with E-state index in [0.29, 0.717) is 22.3 Å². The Bertz CT molecular complexity index is 560. The number of nitrogens with two attached hydrogens (primary N) is 1. The number of anilines is 1. The monoisotopic (exact) mass is 344 g/mol. The smallest absolute Gasteiger partial charge is 0.282 e. The van der Waals surface area contributed by atoms with Crippen molar-refractivity contribution >= 4 is 40.7 Å². The van der Waals surface area contributed by atoms with Gasteiger partial charge in [-0.05, 0) is 38.0 Å². The number of rotatable bonds is 4. The molecule has 1 unspecified atom stereocenters. The Balaban J connectivity index is 2.00. The van der Waals surface area contributed by atoms with Crippen LogP contribution < -0.4 is 16.0 Å². The van der Waals surface area contributed by atoms with E-state index in [4.69, 9.17) is 28.9 Å². The Kier molecular flexibility index (Phi) is 5.67. The summed E-state index contributed by atoms with van der Waals surface area (Å²) in [6.45, 7) is 3.30. The highest BCUT2D eigenvalue weighted by Crippen LogP contribution is 2.22. The van der Waals surface area contributed by atoms with Gasteiger partial charge in [-0.25, -0.2) is 0 Å². The van der Waals surface area contributed by atoms with Gasteiger partial charge in [0, 0.05) is 15.7 Å². The Morgan fingerprint density at radius 1 is 1.32 bits per heavy atom. The molecule has 0 saturated carbocycles. The molecule has 0 aliphatic carbocycles. The number of quaternary nitrogens is 1. The second-order valence-corrected chi connectivity index (χ2v) is 6.60. The summed E-state index contributed by atoms with van der Waals surface area (Å²) < 4.78 is 0. The summed E-state index contributed by atoms with van der Waals surface area (Å²) in [5, 5.41) is 3.75. The minimum Gasteiger partial charge on any atom is -0.369 e. The van der Waals surface area contributed by atoms with Crippen LogP contribution in [-0.2, 0) is 9.59 Å². The maximum atomic E-state index is 12.4. The quantitative estimate of drug-likeness (QED) is 0.764. The highest BCUT2D eigenvalue weighted by molar-refractivity contribution is 6.35. The van der Waals surface area contributed by atoms with Gasteiger partial charge in [0.2, 0.25) is 5.91 Å². The first-order chi connectivity index (χ1) is 10.4. The summed E-state index contributed by atoms with van der Waals surface area (Å²) in [6.07, 6.45) is 1.70. The number of halogens is 2. The van der Waals surface area contributed by atoms with Crippen LogP contribution in [-0.4, -0.2) is 30.9 Å². The molecule has 3 atom stereocenters. The summed E-state index contributed by atoms with van der Waals surface area (Å²) in [4.78, 5) is 24.8. The maximum Gasteiger partial charge on any atom is 0.282 e. The number of piperidine rings is 1. The van der Waals surface area contributed by atoms with Crippen LogP contribution in [0.5, 0.6) is 0 Å². The summed E-state index contributed by atoms with van der Waals surface area (Å²) in [5.41, 5.74) is 5.95. The molecule has 2 rings (SSSR count). The number of carbonyl (C=O) groups is 2. The van der Waals surface area contributed by atoms with Crippen molar-refractivity contribution in [1.82, 2.24) is 0 Å². The average Bonchev–Trinajstić information content (AvgIpc) is 2.45. The third kappa shape index (κ3) is 4.35. The third-order valence-electron chi connectivity index (χ3n) is 4.10. The molecule has 1 aromatic rings. The fourth-order valence-electron chi connectivity index (χ4n) is 2.79. The predicted molar refractivity (Wildman–Crippen MR) is 87.2 cm³/mol. The first-order valence-corrected chi connectivity index (χ1v) is 8.03. The molecule has 1 aliphatic rings. The molecule has 0 radical (unpaired) electrons. The van der Waals surface area contributed by atoms with E-state index < -0.39 is 0 Å². The maximum absolute atomic E-state index is 12.4. The van der Waals surface area contributed by atoms with Crippen LogP contribution in [0, 0.1) is 5.92 Å². The van der Waals surface area contributed by atoms with Crippen LogP contribution in [0.15, 0.2) is 18.2 Å².